The van der Waals surface area contributed by atoms with Crippen LogP contribution in [0.15, 0.2) is 6.07 Å². The van der Waals surface area contributed by atoms with Crippen LogP contribution in [0, 0.1) is 25.7 Å². The second kappa shape index (κ2) is 7.39. The van der Waals surface area contributed by atoms with Crippen molar-refractivity contribution in [3.63, 3.8) is 0 Å². The number of ether oxygens (including phenoxy) is 1. The van der Waals surface area contributed by atoms with Gasteiger partial charge >= 0.3 is 5.97 Å². The van der Waals surface area contributed by atoms with E-state index in [2.05, 4.69) is 34.2 Å². The molecule has 1 amide bonds. The Morgan fingerprint density at radius 1 is 1.27 bits per heavy atom. The quantitative estimate of drug-likeness (QED) is 0.837. The van der Waals surface area contributed by atoms with Gasteiger partial charge in [0.25, 0.3) is 17.5 Å². The van der Waals surface area contributed by atoms with Crippen molar-refractivity contribution in [2.45, 2.75) is 53.0 Å². The molecular weight excluding hydrogens is 334 g/mol. The minimum absolute atomic E-state index is 0.0985. The molecule has 0 aliphatic heterocycles. The molecule has 1 N–H and O–H groups in total. The van der Waals surface area contributed by atoms with Crippen molar-refractivity contribution in [3.8, 4) is 0 Å². The Bertz CT molecular complexity index is 832. The van der Waals surface area contributed by atoms with Gasteiger partial charge in [-0.25, -0.2) is 14.3 Å². The molecule has 0 aromatic carbocycles. The molecule has 8 nitrogen and oxygen atoms in total. The van der Waals surface area contributed by atoms with E-state index >= 15 is 0 Å². The summed E-state index contributed by atoms with van der Waals surface area (Å²) in [6, 6.07) is 1.98. The molecule has 8 heteroatoms. The van der Waals surface area contributed by atoms with Crippen LogP contribution in [0.5, 0.6) is 0 Å². The molecule has 2 heterocycles. The third-order valence-electron chi connectivity index (χ3n) is 5.19. The molecule has 1 aliphatic rings. The van der Waals surface area contributed by atoms with Crippen molar-refractivity contribution in [2.75, 3.05) is 6.61 Å². The van der Waals surface area contributed by atoms with Gasteiger partial charge in [0.05, 0.1) is 0 Å². The number of amides is 1. The third-order valence-corrected chi connectivity index (χ3v) is 5.19. The minimum atomic E-state index is -0.729. The Morgan fingerprint density at radius 2 is 2.04 bits per heavy atom. The molecule has 3 atom stereocenters. The van der Waals surface area contributed by atoms with E-state index in [-0.39, 0.29) is 24.4 Å². The van der Waals surface area contributed by atoms with E-state index in [0.29, 0.717) is 17.6 Å². The highest BCUT2D eigenvalue weighted by Crippen LogP contribution is 2.29. The minimum Gasteiger partial charge on any atom is -0.450 e. The van der Waals surface area contributed by atoms with Crippen LogP contribution in [0.25, 0.3) is 5.78 Å². The molecule has 1 aliphatic carbocycles. The normalized spacial score (nSPS) is 23.0. The maximum Gasteiger partial charge on any atom is 0.378 e. The third kappa shape index (κ3) is 3.84. The van der Waals surface area contributed by atoms with Gasteiger partial charge in [-0.05, 0) is 38.2 Å². The first kappa shape index (κ1) is 18.3. The molecule has 0 saturated heterocycles. The van der Waals surface area contributed by atoms with Crippen molar-refractivity contribution in [2.24, 2.45) is 11.8 Å². The average molecular weight is 359 g/mol. The van der Waals surface area contributed by atoms with Crippen LogP contribution >= 0.6 is 0 Å². The lowest BCUT2D eigenvalue weighted by molar-refractivity contribution is -0.125. The summed E-state index contributed by atoms with van der Waals surface area (Å²) in [7, 11) is 0. The van der Waals surface area contributed by atoms with Crippen LogP contribution < -0.4 is 5.32 Å². The molecule has 3 rings (SSSR count). The van der Waals surface area contributed by atoms with E-state index in [0.717, 1.165) is 24.2 Å². The SMILES string of the molecule is Cc1cc(C)n2nc(C(=O)OCC(=O)N[C@H]3CCC[C@H](C)[C@@H]3C)nc2n1. The van der Waals surface area contributed by atoms with Gasteiger partial charge < -0.3 is 10.1 Å². The number of nitrogens with zero attached hydrogens (tertiary/aromatic N) is 4. The van der Waals surface area contributed by atoms with E-state index in [9.17, 15) is 9.59 Å². The van der Waals surface area contributed by atoms with E-state index < -0.39 is 5.97 Å². The predicted molar refractivity (Wildman–Crippen MR) is 94.6 cm³/mol. The number of aryl methyl sites for hydroxylation is 2. The van der Waals surface area contributed by atoms with Gasteiger partial charge in [0, 0.05) is 17.4 Å². The molecule has 0 bridgehead atoms. The maximum atomic E-state index is 12.2. The number of fused-ring (bicyclic) bond motifs is 1. The summed E-state index contributed by atoms with van der Waals surface area (Å²) in [5.74, 6) is 0.215. The first-order chi connectivity index (χ1) is 12.3. The molecule has 1 fully saturated rings. The maximum absolute atomic E-state index is 12.2. The van der Waals surface area contributed by atoms with Crippen molar-refractivity contribution in [1.82, 2.24) is 24.9 Å². The topological polar surface area (TPSA) is 98.5 Å². The lowest BCUT2D eigenvalue weighted by atomic mass is 9.78. The molecule has 2 aromatic heterocycles. The zero-order chi connectivity index (χ0) is 18.8. The first-order valence-electron chi connectivity index (χ1n) is 9.02. The van der Waals surface area contributed by atoms with Crippen molar-refractivity contribution < 1.29 is 14.3 Å². The summed E-state index contributed by atoms with van der Waals surface area (Å²) in [6.07, 6.45) is 3.26. The summed E-state index contributed by atoms with van der Waals surface area (Å²) >= 11 is 0. The molecule has 140 valence electrons. The zero-order valence-corrected chi connectivity index (χ0v) is 15.7. The second-order valence-corrected chi connectivity index (χ2v) is 7.20. The number of carbonyl (C=O) groups is 2. The molecule has 0 spiro atoms. The molecule has 2 aromatic rings. The lowest BCUT2D eigenvalue weighted by Gasteiger charge is -2.34. The average Bonchev–Trinajstić information content (AvgIpc) is 3.01. The van der Waals surface area contributed by atoms with E-state index in [4.69, 9.17) is 4.74 Å². The van der Waals surface area contributed by atoms with Gasteiger partial charge in [-0.1, -0.05) is 26.7 Å². The number of esters is 1. The van der Waals surface area contributed by atoms with Gasteiger partial charge in [0.2, 0.25) is 0 Å². The highest BCUT2D eigenvalue weighted by molar-refractivity contribution is 5.88. The van der Waals surface area contributed by atoms with Crippen LogP contribution in [0.1, 0.15) is 55.1 Å². The lowest BCUT2D eigenvalue weighted by Crippen LogP contribution is -2.45. The molecule has 26 heavy (non-hydrogen) atoms. The Kier molecular flexibility index (Phi) is 5.20. The fraction of sp³-hybridized carbons (Fsp3) is 0.611. The molecule has 1 saturated carbocycles. The summed E-state index contributed by atoms with van der Waals surface area (Å²) < 4.78 is 6.56. The van der Waals surface area contributed by atoms with Gasteiger partial charge in [0.1, 0.15) is 0 Å². The van der Waals surface area contributed by atoms with Crippen molar-refractivity contribution >= 4 is 17.7 Å². The number of hydrogen-bond acceptors (Lipinski definition) is 6. The van der Waals surface area contributed by atoms with E-state index in [1.54, 1.807) is 0 Å². The van der Waals surface area contributed by atoms with E-state index in [1.807, 2.05) is 19.9 Å². The Balaban J connectivity index is 1.58. The van der Waals surface area contributed by atoms with Gasteiger partial charge in [0.15, 0.2) is 6.61 Å². The monoisotopic (exact) mass is 359 g/mol. The Morgan fingerprint density at radius 3 is 2.81 bits per heavy atom. The van der Waals surface area contributed by atoms with Gasteiger partial charge in [-0.2, -0.15) is 4.98 Å². The number of rotatable bonds is 4. The van der Waals surface area contributed by atoms with Crippen LogP contribution in [-0.4, -0.2) is 44.1 Å². The second-order valence-electron chi connectivity index (χ2n) is 7.20. The van der Waals surface area contributed by atoms with Crippen LogP contribution in [0.3, 0.4) is 0 Å². The predicted octanol–water partition coefficient (Wildman–Crippen LogP) is 1.84. The molecule has 0 unspecified atom stereocenters. The van der Waals surface area contributed by atoms with Crippen LogP contribution in [0.2, 0.25) is 0 Å². The van der Waals surface area contributed by atoms with Gasteiger partial charge in [-0.15, -0.1) is 5.10 Å². The molecule has 0 radical (unpaired) electrons. The van der Waals surface area contributed by atoms with Crippen molar-refractivity contribution in [3.05, 3.63) is 23.3 Å². The summed E-state index contributed by atoms with van der Waals surface area (Å²) in [5, 5.41) is 7.08. The van der Waals surface area contributed by atoms with Gasteiger partial charge in [-0.3, -0.25) is 4.79 Å². The number of nitrogens with one attached hydrogen (secondary N) is 1. The zero-order valence-electron chi connectivity index (χ0n) is 15.7. The Hall–Kier alpha value is -2.51. The molecular formula is C18H25N5O3. The summed E-state index contributed by atoms with van der Waals surface area (Å²) in [5.41, 5.74) is 1.61. The fourth-order valence-electron chi connectivity index (χ4n) is 3.48. The Labute approximate surface area is 152 Å². The van der Waals surface area contributed by atoms with Crippen molar-refractivity contribution in [1.29, 1.82) is 0 Å². The standard InChI is InChI=1S/C18H25N5O3/c1-10-6-5-7-14(13(10)4)20-15(24)9-26-17(25)16-21-18-19-11(2)8-12(3)23(18)22-16/h8,10,13-14H,5-7,9H2,1-4H3,(H,20,24)/t10-,13-,14-/m0/s1. The number of carbonyl (C=O) groups excluding carboxylic acids is 2. The largest absolute Gasteiger partial charge is 0.450 e. The number of aromatic nitrogens is 4. The van der Waals surface area contributed by atoms with Crippen LogP contribution in [0.4, 0.5) is 0 Å². The fourth-order valence-corrected chi connectivity index (χ4v) is 3.48. The smallest absolute Gasteiger partial charge is 0.378 e. The first-order valence-corrected chi connectivity index (χ1v) is 9.02. The van der Waals surface area contributed by atoms with Crippen LogP contribution in [-0.2, 0) is 9.53 Å². The number of hydrogen-bond donors (Lipinski definition) is 1. The summed E-state index contributed by atoms with van der Waals surface area (Å²) in [6.45, 7) is 7.72. The summed E-state index contributed by atoms with van der Waals surface area (Å²) in [4.78, 5) is 32.6. The van der Waals surface area contributed by atoms with E-state index in [1.165, 1.54) is 10.9 Å². The highest BCUT2D eigenvalue weighted by atomic mass is 16.5. The highest BCUT2D eigenvalue weighted by Gasteiger charge is 2.28.